The fourth-order valence-corrected chi connectivity index (χ4v) is 3.53. The third-order valence-corrected chi connectivity index (χ3v) is 4.67. The predicted molar refractivity (Wildman–Crippen MR) is 85.2 cm³/mol. The fraction of sp³-hybridized carbons (Fsp3) is 0.429. The first-order valence-electron chi connectivity index (χ1n) is 7.20. The third kappa shape index (κ3) is 3.40. The Morgan fingerprint density at radius 3 is 2.91 bits per heavy atom. The lowest BCUT2D eigenvalue weighted by atomic mass is 10.2. The number of amides is 1. The van der Waals surface area contributed by atoms with Crippen LogP contribution >= 0.6 is 11.3 Å². The molecule has 0 saturated heterocycles. The van der Waals surface area contributed by atoms with Crippen molar-refractivity contribution in [2.75, 3.05) is 11.9 Å². The van der Waals surface area contributed by atoms with Crippen LogP contribution in [0.3, 0.4) is 0 Å². The van der Waals surface area contributed by atoms with E-state index in [1.165, 1.54) is 36.3 Å². The quantitative estimate of drug-likeness (QED) is 0.652. The first-order valence-corrected chi connectivity index (χ1v) is 8.02. The number of nitrogens with zero attached hydrogens (tertiary/aromatic N) is 2. The van der Waals surface area contributed by atoms with Gasteiger partial charge in [0.2, 0.25) is 5.91 Å². The second kappa shape index (κ2) is 6.37. The number of hydrogen-bond acceptors (Lipinski definition) is 6. The van der Waals surface area contributed by atoms with Crippen LogP contribution in [0.1, 0.15) is 25.7 Å². The van der Waals surface area contributed by atoms with Gasteiger partial charge in [-0.15, -0.1) is 0 Å². The number of hydrogen-bond donors (Lipinski definition) is 2. The van der Waals surface area contributed by atoms with Gasteiger partial charge in [-0.2, -0.15) is 0 Å². The monoisotopic (exact) mass is 320 g/mol. The average Bonchev–Trinajstić information content (AvgIpc) is 3.13. The summed E-state index contributed by atoms with van der Waals surface area (Å²) in [6, 6.07) is 4.91. The number of anilines is 1. The molecule has 0 bridgehead atoms. The van der Waals surface area contributed by atoms with Crippen LogP contribution in [0.5, 0.6) is 0 Å². The van der Waals surface area contributed by atoms with Crippen molar-refractivity contribution in [1.82, 2.24) is 10.3 Å². The molecule has 0 aliphatic heterocycles. The Hall–Kier alpha value is -2.06. The second-order valence-corrected chi connectivity index (χ2v) is 6.37. The largest absolute Gasteiger partial charge is 0.306 e. The van der Waals surface area contributed by atoms with E-state index >= 15 is 0 Å². The number of benzene rings is 1. The van der Waals surface area contributed by atoms with Gasteiger partial charge in [0, 0.05) is 18.2 Å². The van der Waals surface area contributed by atoms with Gasteiger partial charge in [0.25, 0.3) is 5.69 Å². The van der Waals surface area contributed by atoms with E-state index in [9.17, 15) is 14.9 Å². The molecule has 8 heteroatoms. The number of carbonyl (C=O) groups excluding carboxylic acids is 1. The molecular weight excluding hydrogens is 304 g/mol. The Morgan fingerprint density at radius 1 is 1.41 bits per heavy atom. The predicted octanol–water partition coefficient (Wildman–Crippen LogP) is 2.68. The molecule has 1 aromatic carbocycles. The number of aromatic nitrogens is 1. The van der Waals surface area contributed by atoms with E-state index in [-0.39, 0.29) is 18.1 Å². The summed E-state index contributed by atoms with van der Waals surface area (Å²) in [5.74, 6) is -0.138. The van der Waals surface area contributed by atoms with Crippen molar-refractivity contribution in [3.05, 3.63) is 28.3 Å². The third-order valence-electron chi connectivity index (χ3n) is 3.74. The average molecular weight is 320 g/mol. The van der Waals surface area contributed by atoms with Gasteiger partial charge in [0.1, 0.15) is 0 Å². The number of fused-ring (bicyclic) bond motifs is 1. The summed E-state index contributed by atoms with van der Waals surface area (Å²) in [6.07, 6.45) is 4.68. The number of carbonyl (C=O) groups is 1. The summed E-state index contributed by atoms with van der Waals surface area (Å²) in [5, 5.41) is 17.2. The van der Waals surface area contributed by atoms with E-state index in [1.54, 1.807) is 6.07 Å². The fourth-order valence-electron chi connectivity index (χ4n) is 2.61. The van der Waals surface area contributed by atoms with Crippen LogP contribution in [0.25, 0.3) is 10.2 Å². The van der Waals surface area contributed by atoms with Crippen molar-refractivity contribution in [1.29, 1.82) is 0 Å². The van der Waals surface area contributed by atoms with Crippen molar-refractivity contribution in [2.24, 2.45) is 0 Å². The lowest BCUT2D eigenvalue weighted by Crippen LogP contribution is -2.34. The molecule has 1 aromatic heterocycles. The molecule has 1 fully saturated rings. The van der Waals surface area contributed by atoms with Crippen molar-refractivity contribution >= 4 is 38.3 Å². The minimum absolute atomic E-state index is 0.0249. The van der Waals surface area contributed by atoms with E-state index in [0.29, 0.717) is 21.4 Å². The molecule has 0 atom stereocenters. The van der Waals surface area contributed by atoms with Gasteiger partial charge < -0.3 is 10.6 Å². The van der Waals surface area contributed by atoms with Gasteiger partial charge in [-0.1, -0.05) is 24.2 Å². The lowest BCUT2D eigenvalue weighted by molar-refractivity contribution is -0.384. The van der Waals surface area contributed by atoms with Crippen LogP contribution in [-0.2, 0) is 4.79 Å². The van der Waals surface area contributed by atoms with Crippen LogP contribution in [0.2, 0.25) is 0 Å². The van der Waals surface area contributed by atoms with Gasteiger partial charge >= 0.3 is 0 Å². The van der Waals surface area contributed by atoms with Crippen LogP contribution in [-0.4, -0.2) is 28.4 Å². The molecular formula is C14H16N4O3S. The second-order valence-electron chi connectivity index (χ2n) is 5.34. The lowest BCUT2D eigenvalue weighted by Gasteiger charge is -2.10. The molecule has 2 aromatic rings. The molecule has 7 nitrogen and oxygen atoms in total. The highest BCUT2D eigenvalue weighted by atomic mass is 32.1. The summed E-state index contributed by atoms with van der Waals surface area (Å²) in [5.41, 5.74) is 0.673. The summed E-state index contributed by atoms with van der Waals surface area (Å²) in [7, 11) is 0. The van der Waals surface area contributed by atoms with Gasteiger partial charge in [0.05, 0.1) is 21.7 Å². The van der Waals surface area contributed by atoms with E-state index in [4.69, 9.17) is 0 Å². The molecule has 116 valence electrons. The van der Waals surface area contributed by atoms with Gasteiger partial charge in [-0.05, 0) is 18.9 Å². The smallest absolute Gasteiger partial charge is 0.270 e. The molecule has 0 radical (unpaired) electrons. The van der Waals surface area contributed by atoms with Crippen LogP contribution in [0.4, 0.5) is 10.8 Å². The highest BCUT2D eigenvalue weighted by molar-refractivity contribution is 7.22. The van der Waals surface area contributed by atoms with E-state index in [2.05, 4.69) is 15.6 Å². The Balaban J connectivity index is 1.63. The normalized spacial score (nSPS) is 15.3. The minimum atomic E-state index is -0.442. The number of thiazole rings is 1. The first kappa shape index (κ1) is 14.9. The topological polar surface area (TPSA) is 97.2 Å². The van der Waals surface area contributed by atoms with Crippen LogP contribution in [0.15, 0.2) is 18.2 Å². The number of nitrogens with one attached hydrogen (secondary N) is 2. The molecule has 22 heavy (non-hydrogen) atoms. The number of rotatable bonds is 5. The molecule has 1 saturated carbocycles. The van der Waals surface area contributed by atoms with Gasteiger partial charge in [0.15, 0.2) is 5.13 Å². The zero-order chi connectivity index (χ0) is 15.5. The number of non-ortho nitro benzene ring substituents is 1. The molecule has 0 spiro atoms. The Morgan fingerprint density at radius 2 is 2.18 bits per heavy atom. The zero-order valence-corrected chi connectivity index (χ0v) is 12.7. The van der Waals surface area contributed by atoms with Crippen LogP contribution < -0.4 is 10.6 Å². The minimum Gasteiger partial charge on any atom is -0.306 e. The molecule has 2 N–H and O–H groups in total. The van der Waals surface area contributed by atoms with Crippen molar-refractivity contribution in [2.45, 2.75) is 31.7 Å². The highest BCUT2D eigenvalue weighted by Gasteiger charge is 2.16. The molecule has 1 heterocycles. The standard InChI is InChI=1S/C14H16N4O3S/c19-13(8-15-9-3-1-2-4-9)17-14-16-11-6-5-10(18(20)21)7-12(11)22-14/h5-7,9,15H,1-4,8H2,(H,16,17,19). The summed E-state index contributed by atoms with van der Waals surface area (Å²) in [4.78, 5) is 26.5. The maximum atomic E-state index is 11.9. The molecule has 3 rings (SSSR count). The van der Waals surface area contributed by atoms with Gasteiger partial charge in [-0.3, -0.25) is 14.9 Å². The van der Waals surface area contributed by atoms with E-state index < -0.39 is 4.92 Å². The van der Waals surface area contributed by atoms with Crippen molar-refractivity contribution in [3.63, 3.8) is 0 Å². The number of nitro benzene ring substituents is 1. The SMILES string of the molecule is O=C(CNC1CCCC1)Nc1nc2ccc([N+](=O)[O-])cc2s1. The van der Waals surface area contributed by atoms with Crippen molar-refractivity contribution in [3.8, 4) is 0 Å². The summed E-state index contributed by atoms with van der Waals surface area (Å²) >= 11 is 1.24. The van der Waals surface area contributed by atoms with Crippen LogP contribution in [0, 0.1) is 10.1 Å². The molecule has 1 aliphatic carbocycles. The van der Waals surface area contributed by atoms with E-state index in [0.717, 1.165) is 12.8 Å². The van der Waals surface area contributed by atoms with Gasteiger partial charge in [-0.25, -0.2) is 4.98 Å². The molecule has 1 aliphatic rings. The van der Waals surface area contributed by atoms with E-state index in [1.807, 2.05) is 0 Å². The Bertz CT molecular complexity index is 709. The Labute approximate surface area is 130 Å². The zero-order valence-electron chi connectivity index (χ0n) is 11.9. The highest BCUT2D eigenvalue weighted by Crippen LogP contribution is 2.29. The molecule has 1 amide bonds. The molecule has 0 unspecified atom stereocenters. The summed E-state index contributed by atoms with van der Waals surface area (Å²) < 4.78 is 0.688. The summed E-state index contributed by atoms with van der Waals surface area (Å²) in [6.45, 7) is 0.265. The number of nitro groups is 1. The maximum Gasteiger partial charge on any atom is 0.270 e. The maximum absolute atomic E-state index is 11.9. The Kier molecular flexibility index (Phi) is 4.30. The first-order chi connectivity index (χ1) is 10.6. The van der Waals surface area contributed by atoms with Crippen molar-refractivity contribution < 1.29 is 9.72 Å².